The van der Waals surface area contributed by atoms with Gasteiger partial charge in [-0.2, -0.15) is 0 Å². The number of aromatic nitrogens is 2. The Labute approximate surface area is 147 Å². The first-order valence-electron chi connectivity index (χ1n) is 7.35. The molecule has 0 aliphatic heterocycles. The predicted octanol–water partition coefficient (Wildman–Crippen LogP) is 4.46. The summed E-state index contributed by atoms with van der Waals surface area (Å²) in [5.74, 6) is 0.344. The lowest BCUT2D eigenvalue weighted by Gasteiger charge is -2.10. The van der Waals surface area contributed by atoms with Crippen LogP contribution in [-0.4, -0.2) is 15.5 Å². The summed E-state index contributed by atoms with van der Waals surface area (Å²) in [6, 6.07) is 12.3. The van der Waals surface area contributed by atoms with Gasteiger partial charge in [0.2, 0.25) is 5.91 Å². The molecular weight excluding hydrogens is 373 g/mol. The van der Waals surface area contributed by atoms with Gasteiger partial charge in [0, 0.05) is 41.6 Å². The van der Waals surface area contributed by atoms with E-state index in [0.717, 1.165) is 17.0 Å². The SMILES string of the molecule is CC(=O)Nc1cccc(-c2nccn2Cc2cc(F)cc(Br)c2)c1. The minimum absolute atomic E-state index is 0.125. The van der Waals surface area contributed by atoms with Crippen LogP contribution in [0.15, 0.2) is 59.3 Å². The summed E-state index contributed by atoms with van der Waals surface area (Å²) in [6.45, 7) is 1.96. The second-order valence-electron chi connectivity index (χ2n) is 5.42. The maximum atomic E-state index is 13.6. The zero-order valence-electron chi connectivity index (χ0n) is 13.0. The zero-order chi connectivity index (χ0) is 17.1. The molecule has 1 heterocycles. The molecule has 1 amide bonds. The lowest BCUT2D eigenvalue weighted by Crippen LogP contribution is -2.06. The Morgan fingerprint density at radius 2 is 2.12 bits per heavy atom. The van der Waals surface area contributed by atoms with Crippen molar-refractivity contribution in [2.45, 2.75) is 13.5 Å². The fourth-order valence-corrected chi connectivity index (χ4v) is 3.05. The Hall–Kier alpha value is -2.47. The summed E-state index contributed by atoms with van der Waals surface area (Å²) in [4.78, 5) is 15.6. The molecule has 0 saturated carbocycles. The third-order valence-electron chi connectivity index (χ3n) is 3.43. The van der Waals surface area contributed by atoms with Crippen molar-refractivity contribution in [3.8, 4) is 11.4 Å². The van der Waals surface area contributed by atoms with Gasteiger partial charge in [-0.3, -0.25) is 4.79 Å². The van der Waals surface area contributed by atoms with Crippen molar-refractivity contribution in [3.63, 3.8) is 0 Å². The van der Waals surface area contributed by atoms with Crippen molar-refractivity contribution in [2.75, 3.05) is 5.32 Å². The first-order chi connectivity index (χ1) is 11.5. The Bertz CT molecular complexity index is 871. The largest absolute Gasteiger partial charge is 0.327 e. The molecule has 1 N–H and O–H groups in total. The van der Waals surface area contributed by atoms with Crippen LogP contribution in [0.1, 0.15) is 12.5 Å². The van der Waals surface area contributed by atoms with Crippen LogP contribution in [0.5, 0.6) is 0 Å². The average Bonchev–Trinajstić information content (AvgIpc) is 2.94. The molecule has 0 atom stereocenters. The highest BCUT2D eigenvalue weighted by atomic mass is 79.9. The molecule has 0 spiro atoms. The molecule has 4 nitrogen and oxygen atoms in total. The molecule has 122 valence electrons. The highest BCUT2D eigenvalue weighted by Crippen LogP contribution is 2.23. The Morgan fingerprint density at radius 3 is 2.88 bits per heavy atom. The maximum absolute atomic E-state index is 13.6. The van der Waals surface area contributed by atoms with Crippen LogP contribution in [0, 0.1) is 5.82 Å². The lowest BCUT2D eigenvalue weighted by molar-refractivity contribution is -0.114. The van der Waals surface area contributed by atoms with Gasteiger partial charge in [-0.15, -0.1) is 0 Å². The van der Waals surface area contributed by atoms with Crippen LogP contribution in [0.4, 0.5) is 10.1 Å². The van der Waals surface area contributed by atoms with E-state index in [4.69, 9.17) is 0 Å². The second-order valence-corrected chi connectivity index (χ2v) is 6.33. The number of halogens is 2. The van der Waals surface area contributed by atoms with Crippen LogP contribution in [0.25, 0.3) is 11.4 Å². The molecule has 0 aliphatic rings. The van der Waals surface area contributed by atoms with Gasteiger partial charge in [-0.1, -0.05) is 28.1 Å². The number of carbonyl (C=O) groups excluding carboxylic acids is 1. The van der Waals surface area contributed by atoms with Gasteiger partial charge in [0.1, 0.15) is 11.6 Å². The Morgan fingerprint density at radius 1 is 1.29 bits per heavy atom. The van der Waals surface area contributed by atoms with Crippen molar-refractivity contribution in [3.05, 3.63) is 70.7 Å². The standard InChI is InChI=1S/C18H15BrFN3O/c1-12(24)22-17-4-2-3-14(9-17)18-21-5-6-23(18)11-13-7-15(19)10-16(20)8-13/h2-10H,11H2,1H3,(H,22,24). The smallest absolute Gasteiger partial charge is 0.221 e. The van der Waals surface area contributed by atoms with E-state index in [1.54, 1.807) is 6.20 Å². The Kier molecular flexibility index (Phi) is 4.76. The predicted molar refractivity (Wildman–Crippen MR) is 95.2 cm³/mol. The van der Waals surface area contributed by atoms with E-state index in [1.165, 1.54) is 19.1 Å². The number of hydrogen-bond acceptors (Lipinski definition) is 2. The molecule has 0 unspecified atom stereocenters. The number of rotatable bonds is 4. The molecule has 0 radical (unpaired) electrons. The average molecular weight is 388 g/mol. The van der Waals surface area contributed by atoms with Gasteiger partial charge < -0.3 is 9.88 Å². The molecular formula is C18H15BrFN3O. The van der Waals surface area contributed by atoms with Crippen LogP contribution < -0.4 is 5.32 Å². The van der Waals surface area contributed by atoms with Crippen molar-refractivity contribution in [1.82, 2.24) is 9.55 Å². The number of hydrogen-bond donors (Lipinski definition) is 1. The van der Waals surface area contributed by atoms with Gasteiger partial charge in [0.15, 0.2) is 0 Å². The summed E-state index contributed by atoms with van der Waals surface area (Å²) >= 11 is 3.31. The molecule has 3 aromatic rings. The van der Waals surface area contributed by atoms with Gasteiger partial charge >= 0.3 is 0 Å². The van der Waals surface area contributed by atoms with Crippen molar-refractivity contribution >= 4 is 27.5 Å². The van der Waals surface area contributed by atoms with E-state index in [0.29, 0.717) is 16.7 Å². The first kappa shape index (κ1) is 16.4. The summed E-state index contributed by atoms with van der Waals surface area (Å²) in [7, 11) is 0. The number of imidazole rings is 1. The molecule has 2 aromatic carbocycles. The van der Waals surface area contributed by atoms with E-state index >= 15 is 0 Å². The summed E-state index contributed by atoms with van der Waals surface area (Å²) in [5.41, 5.74) is 2.42. The highest BCUT2D eigenvalue weighted by molar-refractivity contribution is 9.10. The summed E-state index contributed by atoms with van der Waals surface area (Å²) in [5, 5.41) is 2.76. The van der Waals surface area contributed by atoms with Gasteiger partial charge in [-0.05, 0) is 35.9 Å². The molecule has 24 heavy (non-hydrogen) atoms. The molecule has 0 saturated heterocycles. The first-order valence-corrected chi connectivity index (χ1v) is 8.15. The van der Waals surface area contributed by atoms with Crippen LogP contribution in [0.2, 0.25) is 0 Å². The van der Waals surface area contributed by atoms with E-state index < -0.39 is 0 Å². The third-order valence-corrected chi connectivity index (χ3v) is 3.89. The zero-order valence-corrected chi connectivity index (χ0v) is 14.5. The Balaban J connectivity index is 1.91. The maximum Gasteiger partial charge on any atom is 0.221 e. The number of amides is 1. The third kappa shape index (κ3) is 3.89. The number of anilines is 1. The normalized spacial score (nSPS) is 10.6. The monoisotopic (exact) mass is 387 g/mol. The number of benzene rings is 2. The second kappa shape index (κ2) is 6.97. The molecule has 0 aliphatic carbocycles. The van der Waals surface area contributed by atoms with Gasteiger partial charge in [0.25, 0.3) is 0 Å². The molecule has 1 aromatic heterocycles. The number of carbonyl (C=O) groups is 1. The van der Waals surface area contributed by atoms with E-state index in [2.05, 4.69) is 26.2 Å². The molecule has 6 heteroatoms. The minimum Gasteiger partial charge on any atom is -0.327 e. The van der Waals surface area contributed by atoms with Crippen LogP contribution in [0.3, 0.4) is 0 Å². The van der Waals surface area contributed by atoms with Gasteiger partial charge in [0.05, 0.1) is 0 Å². The summed E-state index contributed by atoms with van der Waals surface area (Å²) < 4.78 is 16.2. The van der Waals surface area contributed by atoms with Crippen molar-refractivity contribution in [2.24, 2.45) is 0 Å². The molecule has 0 bridgehead atoms. The lowest BCUT2D eigenvalue weighted by atomic mass is 10.1. The topological polar surface area (TPSA) is 46.9 Å². The van der Waals surface area contributed by atoms with E-state index in [9.17, 15) is 9.18 Å². The van der Waals surface area contributed by atoms with Crippen LogP contribution in [-0.2, 0) is 11.3 Å². The summed E-state index contributed by atoms with van der Waals surface area (Å²) in [6.07, 6.45) is 3.55. The van der Waals surface area contributed by atoms with Gasteiger partial charge in [-0.25, -0.2) is 9.37 Å². The van der Waals surface area contributed by atoms with Crippen molar-refractivity contribution in [1.29, 1.82) is 0 Å². The fraction of sp³-hybridized carbons (Fsp3) is 0.111. The fourth-order valence-electron chi connectivity index (χ4n) is 2.54. The van der Waals surface area contributed by atoms with E-state index in [1.807, 2.05) is 41.1 Å². The number of nitrogens with one attached hydrogen (secondary N) is 1. The molecule has 0 fully saturated rings. The quantitative estimate of drug-likeness (QED) is 0.718. The van der Waals surface area contributed by atoms with E-state index in [-0.39, 0.29) is 11.7 Å². The number of nitrogens with zero attached hydrogens (tertiary/aromatic N) is 2. The molecule has 3 rings (SSSR count). The highest BCUT2D eigenvalue weighted by Gasteiger charge is 2.09. The van der Waals surface area contributed by atoms with Crippen LogP contribution >= 0.6 is 15.9 Å². The van der Waals surface area contributed by atoms with Crippen molar-refractivity contribution < 1.29 is 9.18 Å². The minimum atomic E-state index is -0.284.